The normalized spacial score (nSPS) is 30.0. The molecule has 0 amide bonds. The fourth-order valence-corrected chi connectivity index (χ4v) is 0.730. The van der Waals surface area contributed by atoms with Crippen LogP contribution in [0.25, 0.3) is 0 Å². The van der Waals surface area contributed by atoms with E-state index in [1.54, 1.807) is 6.34 Å². The maximum atomic E-state index is 11.8. The summed E-state index contributed by atoms with van der Waals surface area (Å²) in [6, 6.07) is -3.43. The van der Waals surface area contributed by atoms with Crippen LogP contribution >= 0.6 is 0 Å². The summed E-state index contributed by atoms with van der Waals surface area (Å²) in [7, 11) is 0. The van der Waals surface area contributed by atoms with Crippen LogP contribution in [0.5, 0.6) is 0 Å². The molecule has 62 valence electrons. The van der Waals surface area contributed by atoms with E-state index in [4.69, 9.17) is 0 Å². The zero-order chi connectivity index (χ0) is 8.43. The third kappa shape index (κ3) is 1.61. The number of hydrogen-bond donors (Lipinski definition) is 0. The first-order valence-electron chi connectivity index (χ1n) is 2.84. The van der Waals surface area contributed by atoms with E-state index >= 15 is 0 Å². The molecular formula is C5H4F4N2. The van der Waals surface area contributed by atoms with Crippen molar-refractivity contribution >= 4 is 6.34 Å². The predicted molar refractivity (Wildman–Crippen MR) is 29.2 cm³/mol. The highest BCUT2D eigenvalue weighted by molar-refractivity contribution is 5.58. The zero-order valence-corrected chi connectivity index (χ0v) is 5.22. The van der Waals surface area contributed by atoms with Gasteiger partial charge in [-0.05, 0) is 0 Å². The van der Waals surface area contributed by atoms with Crippen molar-refractivity contribution in [3.05, 3.63) is 0 Å². The van der Waals surface area contributed by atoms with Crippen LogP contribution in [0.2, 0.25) is 0 Å². The number of halogens is 4. The molecule has 0 aromatic carbocycles. The first-order valence-corrected chi connectivity index (χ1v) is 2.84. The minimum Gasteiger partial charge on any atom is -0.252 e. The molecule has 1 rings (SSSR count). The number of aliphatic imine (C=N–C) groups is 1. The van der Waals surface area contributed by atoms with Gasteiger partial charge in [0.05, 0.1) is 0 Å². The maximum absolute atomic E-state index is 11.8. The summed E-state index contributed by atoms with van der Waals surface area (Å²) in [5, 5.41) is 2.99. The molecule has 0 aromatic heterocycles. The van der Waals surface area contributed by atoms with E-state index in [2.05, 4.69) is 10.3 Å². The van der Waals surface area contributed by atoms with Crippen molar-refractivity contribution in [2.75, 3.05) is 0 Å². The van der Waals surface area contributed by atoms with Gasteiger partial charge in [-0.3, -0.25) is 10.3 Å². The molecule has 0 aliphatic carbocycles. The molecule has 0 bridgehead atoms. The third-order valence-electron chi connectivity index (χ3n) is 1.28. The summed E-state index contributed by atoms with van der Waals surface area (Å²) in [5.74, 6) is 0. The van der Waals surface area contributed by atoms with Crippen molar-refractivity contribution in [2.24, 2.45) is 4.99 Å². The largest absolute Gasteiger partial charge is 0.263 e. The van der Waals surface area contributed by atoms with Crippen LogP contribution in [-0.4, -0.2) is 31.3 Å². The van der Waals surface area contributed by atoms with E-state index in [1.807, 2.05) is 0 Å². The van der Waals surface area contributed by atoms with Gasteiger partial charge in [-0.25, -0.2) is 17.6 Å². The Morgan fingerprint density at radius 2 is 1.55 bits per heavy atom. The van der Waals surface area contributed by atoms with E-state index < -0.39 is 24.9 Å². The standard InChI is InChI=1S/C5H4F4N2/c6-4(7)2-3(5(8)9)11-1-10-2/h2-5H. The second kappa shape index (κ2) is 3.06. The fraction of sp³-hybridized carbons (Fsp3) is 0.800. The summed E-state index contributed by atoms with van der Waals surface area (Å²) in [5.41, 5.74) is 0. The van der Waals surface area contributed by atoms with Crippen LogP contribution in [0.3, 0.4) is 0 Å². The van der Waals surface area contributed by atoms with E-state index in [9.17, 15) is 17.6 Å². The Bertz CT molecular complexity index is 159. The Morgan fingerprint density at radius 1 is 1.00 bits per heavy atom. The Kier molecular flexibility index (Phi) is 2.31. The number of rotatable bonds is 2. The average molecular weight is 168 g/mol. The lowest BCUT2D eigenvalue weighted by molar-refractivity contribution is 0.0438. The van der Waals surface area contributed by atoms with Gasteiger partial charge in [-0.1, -0.05) is 0 Å². The van der Waals surface area contributed by atoms with Crippen LogP contribution in [-0.2, 0) is 0 Å². The molecule has 0 saturated heterocycles. The van der Waals surface area contributed by atoms with Gasteiger partial charge in [0.1, 0.15) is 12.1 Å². The van der Waals surface area contributed by atoms with Crippen molar-refractivity contribution in [3.8, 4) is 0 Å². The van der Waals surface area contributed by atoms with Gasteiger partial charge in [-0.15, -0.1) is 0 Å². The summed E-state index contributed by atoms with van der Waals surface area (Å²) in [6.45, 7) is 0. The van der Waals surface area contributed by atoms with Gasteiger partial charge in [0.25, 0.3) is 12.9 Å². The van der Waals surface area contributed by atoms with E-state index in [0.29, 0.717) is 0 Å². The molecule has 0 aromatic rings. The molecule has 1 heterocycles. The molecule has 0 N–H and O–H groups in total. The van der Waals surface area contributed by atoms with Crippen LogP contribution in [0.1, 0.15) is 0 Å². The number of hydrogen-bond acceptors (Lipinski definition) is 1. The second-order valence-electron chi connectivity index (χ2n) is 2.01. The molecule has 0 spiro atoms. The molecule has 2 unspecified atom stereocenters. The Morgan fingerprint density at radius 3 is 1.91 bits per heavy atom. The summed E-state index contributed by atoms with van der Waals surface area (Å²) in [6.07, 6.45) is -4.02. The molecule has 2 radical (unpaired) electrons. The molecule has 0 saturated carbocycles. The van der Waals surface area contributed by atoms with Crippen LogP contribution in [0.15, 0.2) is 4.99 Å². The maximum Gasteiger partial charge on any atom is 0.263 e. The smallest absolute Gasteiger partial charge is 0.252 e. The average Bonchev–Trinajstić information content (AvgIpc) is 2.32. The second-order valence-corrected chi connectivity index (χ2v) is 2.01. The monoisotopic (exact) mass is 168 g/mol. The SMILES string of the molecule is FC(F)C1[N][C]=NC1C(F)F. The minimum atomic E-state index is -2.90. The molecule has 2 nitrogen and oxygen atoms in total. The summed E-state index contributed by atoms with van der Waals surface area (Å²) < 4.78 is 47.3. The lowest BCUT2D eigenvalue weighted by Crippen LogP contribution is -2.38. The van der Waals surface area contributed by atoms with Crippen molar-refractivity contribution in [2.45, 2.75) is 24.9 Å². The van der Waals surface area contributed by atoms with Crippen LogP contribution < -0.4 is 5.32 Å². The molecule has 2 atom stereocenters. The first kappa shape index (κ1) is 8.29. The van der Waals surface area contributed by atoms with Gasteiger partial charge in [-0.2, -0.15) is 0 Å². The van der Waals surface area contributed by atoms with Crippen molar-refractivity contribution < 1.29 is 17.6 Å². The minimum absolute atomic E-state index is 1.71. The van der Waals surface area contributed by atoms with Gasteiger partial charge in [0.2, 0.25) is 0 Å². The van der Waals surface area contributed by atoms with Gasteiger partial charge < -0.3 is 0 Å². The molecule has 1 aliphatic rings. The molecule has 0 fully saturated rings. The highest BCUT2D eigenvalue weighted by Gasteiger charge is 2.39. The Hall–Kier alpha value is -0.810. The van der Waals surface area contributed by atoms with Gasteiger partial charge >= 0.3 is 0 Å². The number of nitrogens with zero attached hydrogens (tertiary/aromatic N) is 2. The van der Waals surface area contributed by atoms with Crippen LogP contribution in [0.4, 0.5) is 17.6 Å². The highest BCUT2D eigenvalue weighted by atomic mass is 19.3. The summed E-state index contributed by atoms with van der Waals surface area (Å²) >= 11 is 0. The first-order chi connectivity index (χ1) is 5.13. The third-order valence-corrected chi connectivity index (χ3v) is 1.28. The zero-order valence-electron chi connectivity index (χ0n) is 5.22. The van der Waals surface area contributed by atoms with Crippen molar-refractivity contribution in [1.82, 2.24) is 5.32 Å². The topological polar surface area (TPSA) is 26.5 Å². The molecule has 11 heavy (non-hydrogen) atoms. The molecule has 1 aliphatic heterocycles. The van der Waals surface area contributed by atoms with E-state index in [-0.39, 0.29) is 0 Å². The van der Waals surface area contributed by atoms with Crippen molar-refractivity contribution in [1.29, 1.82) is 0 Å². The van der Waals surface area contributed by atoms with Crippen LogP contribution in [0, 0.1) is 0 Å². The Balaban J connectivity index is 2.56. The lowest BCUT2D eigenvalue weighted by atomic mass is 10.1. The molecule has 6 heteroatoms. The number of alkyl halides is 4. The predicted octanol–water partition coefficient (Wildman–Crippen LogP) is 0.777. The van der Waals surface area contributed by atoms with E-state index in [0.717, 1.165) is 0 Å². The lowest BCUT2D eigenvalue weighted by Gasteiger charge is -2.13. The molecular weight excluding hydrogens is 164 g/mol. The quantitative estimate of drug-likeness (QED) is 0.544. The van der Waals surface area contributed by atoms with Gasteiger partial charge in [0.15, 0.2) is 6.34 Å². The Labute approximate surface area is 60.3 Å². The van der Waals surface area contributed by atoms with Gasteiger partial charge in [0, 0.05) is 0 Å². The van der Waals surface area contributed by atoms with E-state index in [1.165, 1.54) is 0 Å². The summed E-state index contributed by atoms with van der Waals surface area (Å²) in [4.78, 5) is 2.99. The highest BCUT2D eigenvalue weighted by Crippen LogP contribution is 2.19. The fourth-order valence-electron chi connectivity index (χ4n) is 0.730. The van der Waals surface area contributed by atoms with Crippen molar-refractivity contribution in [3.63, 3.8) is 0 Å².